The van der Waals surface area contributed by atoms with Gasteiger partial charge in [-0.1, -0.05) is 55.5 Å². The van der Waals surface area contributed by atoms with E-state index in [1.165, 1.54) is 52.8 Å². The number of unbranched alkanes of at least 4 members (excludes halogenated alkanes) is 2. The molecule has 0 atom stereocenters. The van der Waals surface area contributed by atoms with Gasteiger partial charge >= 0.3 is 0 Å². The van der Waals surface area contributed by atoms with Crippen LogP contribution in [0.1, 0.15) is 38.2 Å². The Balaban J connectivity index is 0.00000300. The first-order valence-corrected chi connectivity index (χ1v) is 10.9. The topological polar surface area (TPSA) is 36.1 Å². The van der Waals surface area contributed by atoms with E-state index < -0.39 is 0 Å². The SMILES string of the molecule is CCNCCCCNCCCCNCc1c2ccccc2cc2ccccc12.Cl.Cl.Cl. The molecule has 31 heavy (non-hydrogen) atoms. The third-order valence-electron chi connectivity index (χ3n) is 5.35. The molecule has 0 saturated carbocycles. The average molecular weight is 487 g/mol. The van der Waals surface area contributed by atoms with Crippen molar-refractivity contribution in [3.63, 3.8) is 0 Å². The fraction of sp³-hybridized carbons (Fsp3) is 0.440. The van der Waals surface area contributed by atoms with Crippen molar-refractivity contribution in [2.45, 2.75) is 39.2 Å². The molecule has 0 spiro atoms. The van der Waals surface area contributed by atoms with Crippen molar-refractivity contribution in [2.75, 3.05) is 32.7 Å². The molecule has 0 amide bonds. The molecule has 3 aromatic rings. The monoisotopic (exact) mass is 485 g/mol. The van der Waals surface area contributed by atoms with Crippen molar-refractivity contribution in [1.82, 2.24) is 16.0 Å². The fourth-order valence-electron chi connectivity index (χ4n) is 3.81. The van der Waals surface area contributed by atoms with Crippen LogP contribution in [-0.4, -0.2) is 32.7 Å². The number of benzene rings is 3. The van der Waals surface area contributed by atoms with Crippen LogP contribution in [0.4, 0.5) is 0 Å². The number of hydrogen-bond donors (Lipinski definition) is 3. The maximum absolute atomic E-state index is 3.68. The van der Waals surface area contributed by atoms with Crippen LogP contribution in [-0.2, 0) is 6.54 Å². The van der Waals surface area contributed by atoms with E-state index in [0.29, 0.717) is 0 Å². The number of rotatable bonds is 13. The minimum absolute atomic E-state index is 0. The zero-order valence-electron chi connectivity index (χ0n) is 18.5. The first kappa shape index (κ1) is 29.9. The highest BCUT2D eigenvalue weighted by molar-refractivity contribution is 6.02. The molecule has 0 aromatic heterocycles. The Morgan fingerprint density at radius 3 is 1.55 bits per heavy atom. The normalized spacial score (nSPS) is 10.4. The number of fused-ring (bicyclic) bond motifs is 2. The summed E-state index contributed by atoms with van der Waals surface area (Å²) in [4.78, 5) is 0. The Morgan fingerprint density at radius 1 is 0.581 bits per heavy atom. The molecular weight excluding hydrogens is 449 g/mol. The molecule has 0 bridgehead atoms. The lowest BCUT2D eigenvalue weighted by Crippen LogP contribution is -2.21. The summed E-state index contributed by atoms with van der Waals surface area (Å²) in [7, 11) is 0. The van der Waals surface area contributed by atoms with Gasteiger partial charge in [0.05, 0.1) is 0 Å². The van der Waals surface area contributed by atoms with Crippen molar-refractivity contribution < 1.29 is 0 Å². The zero-order chi connectivity index (χ0) is 19.4. The van der Waals surface area contributed by atoms with Gasteiger partial charge in [0, 0.05) is 6.54 Å². The van der Waals surface area contributed by atoms with Crippen molar-refractivity contribution in [3.05, 3.63) is 60.2 Å². The molecule has 0 radical (unpaired) electrons. The largest absolute Gasteiger partial charge is 0.317 e. The summed E-state index contributed by atoms with van der Waals surface area (Å²) in [5.41, 5.74) is 1.42. The lowest BCUT2D eigenvalue weighted by molar-refractivity contribution is 0.557. The summed E-state index contributed by atoms with van der Waals surface area (Å²) < 4.78 is 0. The molecule has 3 aromatic carbocycles. The average Bonchev–Trinajstić information content (AvgIpc) is 2.73. The van der Waals surface area contributed by atoms with Gasteiger partial charge in [0.25, 0.3) is 0 Å². The third kappa shape index (κ3) is 9.53. The van der Waals surface area contributed by atoms with Crippen molar-refractivity contribution in [2.24, 2.45) is 0 Å². The molecule has 174 valence electrons. The van der Waals surface area contributed by atoms with Crippen LogP contribution < -0.4 is 16.0 Å². The predicted molar refractivity (Wildman–Crippen MR) is 145 cm³/mol. The second kappa shape index (κ2) is 17.5. The molecule has 0 aliphatic carbocycles. The molecule has 6 heteroatoms. The maximum atomic E-state index is 3.68. The van der Waals surface area contributed by atoms with Gasteiger partial charge in [0.15, 0.2) is 0 Å². The Hall–Kier alpha value is -1.07. The second-order valence-electron chi connectivity index (χ2n) is 7.49. The first-order chi connectivity index (χ1) is 13.9. The zero-order valence-corrected chi connectivity index (χ0v) is 20.9. The Labute approximate surface area is 206 Å². The molecule has 0 aliphatic rings. The Bertz CT molecular complexity index is 804. The van der Waals surface area contributed by atoms with Gasteiger partial charge in [-0.15, -0.1) is 37.2 Å². The molecule has 0 heterocycles. The molecular formula is C25H38Cl3N3. The van der Waals surface area contributed by atoms with E-state index >= 15 is 0 Å². The number of halogens is 3. The molecule has 0 unspecified atom stereocenters. The van der Waals surface area contributed by atoms with Gasteiger partial charge in [0.2, 0.25) is 0 Å². The van der Waals surface area contributed by atoms with Gasteiger partial charge in [0.1, 0.15) is 0 Å². The predicted octanol–water partition coefficient (Wildman–Crippen LogP) is 6.11. The van der Waals surface area contributed by atoms with Gasteiger partial charge < -0.3 is 16.0 Å². The van der Waals surface area contributed by atoms with Crippen LogP contribution in [0.15, 0.2) is 54.6 Å². The highest BCUT2D eigenvalue weighted by Gasteiger charge is 2.06. The van der Waals surface area contributed by atoms with E-state index in [1.54, 1.807) is 0 Å². The molecule has 0 aliphatic heterocycles. The highest BCUT2D eigenvalue weighted by atomic mass is 35.5. The van der Waals surface area contributed by atoms with Crippen LogP contribution in [0.3, 0.4) is 0 Å². The van der Waals surface area contributed by atoms with Crippen LogP contribution >= 0.6 is 37.2 Å². The van der Waals surface area contributed by atoms with Crippen molar-refractivity contribution in [3.8, 4) is 0 Å². The van der Waals surface area contributed by atoms with Crippen LogP contribution in [0, 0.1) is 0 Å². The van der Waals surface area contributed by atoms with E-state index in [-0.39, 0.29) is 37.2 Å². The van der Waals surface area contributed by atoms with E-state index in [2.05, 4.69) is 77.5 Å². The summed E-state index contributed by atoms with van der Waals surface area (Å²) in [5, 5.41) is 16.0. The summed E-state index contributed by atoms with van der Waals surface area (Å²) >= 11 is 0. The molecule has 0 fully saturated rings. The molecule has 3 rings (SSSR count). The summed E-state index contributed by atoms with van der Waals surface area (Å²) in [6.07, 6.45) is 4.98. The van der Waals surface area contributed by atoms with E-state index in [0.717, 1.165) is 39.3 Å². The standard InChI is InChI=1S/C25H35N3.3ClH/c1-2-26-15-7-8-16-27-17-9-10-18-28-20-25-23-13-5-3-11-21(23)19-22-12-4-6-14-24(22)25;;;/h3-6,11-14,19,26-28H,2,7-10,15-18,20H2,1H3;3*1H. The minimum atomic E-state index is 0. The Morgan fingerprint density at radius 2 is 1.03 bits per heavy atom. The van der Waals surface area contributed by atoms with Gasteiger partial charge in [-0.05, 0) is 91.6 Å². The first-order valence-electron chi connectivity index (χ1n) is 10.9. The summed E-state index contributed by atoms with van der Waals surface area (Å²) in [6, 6.07) is 19.8. The van der Waals surface area contributed by atoms with Crippen molar-refractivity contribution >= 4 is 58.8 Å². The van der Waals surface area contributed by atoms with Gasteiger partial charge in [-0.25, -0.2) is 0 Å². The molecule has 3 N–H and O–H groups in total. The molecule has 0 saturated heterocycles. The van der Waals surface area contributed by atoms with Crippen LogP contribution in [0.2, 0.25) is 0 Å². The van der Waals surface area contributed by atoms with Crippen molar-refractivity contribution in [1.29, 1.82) is 0 Å². The van der Waals surface area contributed by atoms with Crippen LogP contribution in [0.25, 0.3) is 21.5 Å². The summed E-state index contributed by atoms with van der Waals surface area (Å²) in [5.74, 6) is 0. The number of nitrogens with one attached hydrogen (secondary N) is 3. The quantitative estimate of drug-likeness (QED) is 0.201. The smallest absolute Gasteiger partial charge is 0.0217 e. The second-order valence-corrected chi connectivity index (χ2v) is 7.49. The lowest BCUT2D eigenvalue weighted by atomic mass is 9.97. The fourth-order valence-corrected chi connectivity index (χ4v) is 3.81. The highest BCUT2D eigenvalue weighted by Crippen LogP contribution is 2.28. The van der Waals surface area contributed by atoms with E-state index in [1.807, 2.05) is 0 Å². The maximum Gasteiger partial charge on any atom is 0.0217 e. The van der Waals surface area contributed by atoms with E-state index in [4.69, 9.17) is 0 Å². The van der Waals surface area contributed by atoms with E-state index in [9.17, 15) is 0 Å². The third-order valence-corrected chi connectivity index (χ3v) is 5.35. The lowest BCUT2D eigenvalue weighted by Gasteiger charge is -2.13. The molecule has 3 nitrogen and oxygen atoms in total. The number of hydrogen-bond acceptors (Lipinski definition) is 3. The van der Waals surface area contributed by atoms with Crippen LogP contribution in [0.5, 0.6) is 0 Å². The minimum Gasteiger partial charge on any atom is -0.317 e. The van der Waals surface area contributed by atoms with Gasteiger partial charge in [-0.3, -0.25) is 0 Å². The van der Waals surface area contributed by atoms with Gasteiger partial charge in [-0.2, -0.15) is 0 Å². The summed E-state index contributed by atoms with van der Waals surface area (Å²) in [6.45, 7) is 8.65. The Kier molecular flexibility index (Phi) is 16.9.